The van der Waals surface area contributed by atoms with Crippen LogP contribution in [0.3, 0.4) is 0 Å². The number of hydrogen-bond donors (Lipinski definition) is 3. The number of amides is 1. The van der Waals surface area contributed by atoms with Gasteiger partial charge in [-0.2, -0.15) is 11.8 Å². The van der Waals surface area contributed by atoms with E-state index < -0.39 is 5.60 Å². The van der Waals surface area contributed by atoms with E-state index in [0.29, 0.717) is 13.0 Å². The van der Waals surface area contributed by atoms with E-state index in [4.69, 9.17) is 0 Å². The first-order chi connectivity index (χ1) is 11.1. The van der Waals surface area contributed by atoms with Crippen molar-refractivity contribution in [2.24, 2.45) is 0 Å². The van der Waals surface area contributed by atoms with E-state index in [2.05, 4.69) is 29.4 Å². The Morgan fingerprint density at radius 3 is 2.87 bits per heavy atom. The van der Waals surface area contributed by atoms with Gasteiger partial charge in [-0.25, -0.2) is 0 Å². The van der Waals surface area contributed by atoms with Crippen LogP contribution < -0.4 is 5.32 Å². The predicted molar refractivity (Wildman–Crippen MR) is 95.9 cm³/mol. The van der Waals surface area contributed by atoms with E-state index in [-0.39, 0.29) is 5.91 Å². The largest absolute Gasteiger partial charge is 0.388 e. The van der Waals surface area contributed by atoms with Gasteiger partial charge in [-0.1, -0.05) is 25.1 Å². The monoisotopic (exact) mass is 332 g/mol. The van der Waals surface area contributed by atoms with Crippen LogP contribution in [0.25, 0.3) is 10.9 Å². The molecule has 0 aliphatic carbocycles. The van der Waals surface area contributed by atoms with Gasteiger partial charge in [0.25, 0.3) is 0 Å². The van der Waals surface area contributed by atoms with Gasteiger partial charge in [0.05, 0.1) is 12.0 Å². The Labute approximate surface area is 141 Å². The summed E-state index contributed by atoms with van der Waals surface area (Å²) in [6, 6.07) is 6.21. The van der Waals surface area contributed by atoms with Gasteiger partial charge in [0.2, 0.25) is 5.91 Å². The van der Waals surface area contributed by atoms with Crippen molar-refractivity contribution in [1.29, 1.82) is 0 Å². The van der Waals surface area contributed by atoms with Crippen LogP contribution in [-0.4, -0.2) is 39.6 Å². The number of carbonyl (C=O) groups excluding carboxylic acids is 1. The summed E-state index contributed by atoms with van der Waals surface area (Å²) in [4.78, 5) is 15.5. The van der Waals surface area contributed by atoms with Crippen LogP contribution in [0.5, 0.6) is 0 Å². The van der Waals surface area contributed by atoms with Crippen molar-refractivity contribution in [3.63, 3.8) is 0 Å². The molecule has 0 bridgehead atoms. The van der Waals surface area contributed by atoms with Crippen molar-refractivity contribution in [2.75, 3.05) is 18.1 Å². The zero-order valence-electron chi connectivity index (χ0n) is 13.5. The lowest BCUT2D eigenvalue weighted by Crippen LogP contribution is -2.45. The second kappa shape index (κ2) is 6.97. The summed E-state index contributed by atoms with van der Waals surface area (Å²) >= 11 is 1.86. The molecule has 4 nitrogen and oxygen atoms in total. The highest BCUT2D eigenvalue weighted by atomic mass is 32.2. The number of aryl methyl sites for hydroxylation is 1. The first kappa shape index (κ1) is 16.4. The third-order valence-corrected chi connectivity index (χ3v) is 5.64. The van der Waals surface area contributed by atoms with Gasteiger partial charge in [0.15, 0.2) is 0 Å². The quantitative estimate of drug-likeness (QED) is 0.789. The Morgan fingerprint density at radius 2 is 2.13 bits per heavy atom. The number of thioether (sulfide) groups is 1. The zero-order valence-corrected chi connectivity index (χ0v) is 14.3. The summed E-state index contributed by atoms with van der Waals surface area (Å²) in [6.07, 6.45) is 4.75. The number of aromatic amines is 1. The van der Waals surface area contributed by atoms with Crippen molar-refractivity contribution in [3.05, 3.63) is 35.5 Å². The second-order valence-corrected chi connectivity index (χ2v) is 7.52. The van der Waals surface area contributed by atoms with Crippen LogP contribution in [0.4, 0.5) is 0 Å². The standard InChI is InChI=1S/C18H24N2O2S/c1-2-13-4-3-5-15-14(11-19-17(13)15)10-16(21)20-12-18(22)6-8-23-9-7-18/h3-5,11,19,22H,2,6-10,12H2,1H3,(H,20,21). The predicted octanol–water partition coefficient (Wildman–Crippen LogP) is 2.65. The number of para-hydroxylation sites is 1. The molecule has 3 rings (SSSR count). The van der Waals surface area contributed by atoms with Crippen LogP contribution in [0.1, 0.15) is 30.9 Å². The van der Waals surface area contributed by atoms with Gasteiger partial charge in [-0.05, 0) is 41.9 Å². The lowest BCUT2D eigenvalue weighted by molar-refractivity contribution is -0.121. The lowest BCUT2D eigenvalue weighted by Gasteiger charge is -2.31. The zero-order chi connectivity index (χ0) is 16.3. The summed E-state index contributed by atoms with van der Waals surface area (Å²) in [6.45, 7) is 2.49. The van der Waals surface area contributed by atoms with Crippen molar-refractivity contribution in [3.8, 4) is 0 Å². The molecule has 2 heterocycles. The molecular weight excluding hydrogens is 308 g/mol. The number of aliphatic hydroxyl groups is 1. The van der Waals surface area contributed by atoms with Crippen LogP contribution in [0, 0.1) is 0 Å². The summed E-state index contributed by atoms with van der Waals surface area (Å²) in [5.41, 5.74) is 2.68. The molecule has 0 saturated carbocycles. The highest BCUT2D eigenvalue weighted by molar-refractivity contribution is 7.99. The third-order valence-electron chi connectivity index (χ3n) is 4.66. The minimum atomic E-state index is -0.726. The maximum atomic E-state index is 12.3. The Balaban J connectivity index is 1.64. The van der Waals surface area contributed by atoms with Crippen LogP contribution >= 0.6 is 11.8 Å². The Hall–Kier alpha value is -1.46. The van der Waals surface area contributed by atoms with E-state index in [1.54, 1.807) is 0 Å². The number of aromatic nitrogens is 1. The number of fused-ring (bicyclic) bond motifs is 1. The molecule has 1 fully saturated rings. The van der Waals surface area contributed by atoms with E-state index in [1.807, 2.05) is 24.0 Å². The van der Waals surface area contributed by atoms with Gasteiger partial charge in [-0.3, -0.25) is 4.79 Å². The fourth-order valence-corrected chi connectivity index (χ4v) is 4.40. The smallest absolute Gasteiger partial charge is 0.224 e. The number of hydrogen-bond acceptors (Lipinski definition) is 3. The first-order valence-electron chi connectivity index (χ1n) is 8.26. The van der Waals surface area contributed by atoms with Gasteiger partial charge in [0.1, 0.15) is 0 Å². The minimum Gasteiger partial charge on any atom is -0.388 e. The molecule has 0 spiro atoms. The molecule has 1 amide bonds. The van der Waals surface area contributed by atoms with Crippen LogP contribution in [-0.2, 0) is 17.6 Å². The van der Waals surface area contributed by atoms with E-state index >= 15 is 0 Å². The summed E-state index contributed by atoms with van der Waals surface area (Å²) < 4.78 is 0. The number of carbonyl (C=O) groups is 1. The molecule has 5 heteroatoms. The Kier molecular flexibility index (Phi) is 4.97. The first-order valence-corrected chi connectivity index (χ1v) is 9.41. The van der Waals surface area contributed by atoms with Crippen molar-refractivity contribution < 1.29 is 9.90 Å². The molecule has 0 atom stereocenters. The molecule has 23 heavy (non-hydrogen) atoms. The molecule has 1 aliphatic heterocycles. The van der Waals surface area contributed by atoms with Crippen LogP contribution in [0.2, 0.25) is 0 Å². The van der Waals surface area contributed by atoms with Crippen molar-refractivity contribution >= 4 is 28.6 Å². The van der Waals surface area contributed by atoms with Crippen molar-refractivity contribution in [2.45, 2.75) is 38.2 Å². The fraction of sp³-hybridized carbons (Fsp3) is 0.500. The number of rotatable bonds is 5. The average Bonchev–Trinajstić information content (AvgIpc) is 2.97. The average molecular weight is 332 g/mol. The van der Waals surface area contributed by atoms with E-state index in [9.17, 15) is 9.90 Å². The van der Waals surface area contributed by atoms with Gasteiger partial charge < -0.3 is 15.4 Å². The Morgan fingerprint density at radius 1 is 1.35 bits per heavy atom. The number of H-pyrrole nitrogens is 1. The molecule has 124 valence electrons. The van der Waals surface area contributed by atoms with E-state index in [0.717, 1.165) is 47.2 Å². The van der Waals surface area contributed by atoms with Crippen LogP contribution in [0.15, 0.2) is 24.4 Å². The minimum absolute atomic E-state index is 0.0283. The van der Waals surface area contributed by atoms with E-state index in [1.165, 1.54) is 5.56 Å². The molecule has 1 saturated heterocycles. The highest BCUT2D eigenvalue weighted by Gasteiger charge is 2.29. The van der Waals surface area contributed by atoms with Gasteiger partial charge >= 0.3 is 0 Å². The maximum absolute atomic E-state index is 12.3. The topological polar surface area (TPSA) is 65.1 Å². The second-order valence-electron chi connectivity index (χ2n) is 6.30. The SMILES string of the molecule is CCc1cccc2c(CC(=O)NCC3(O)CCSCC3)c[nH]c12. The number of benzene rings is 1. The summed E-state index contributed by atoms with van der Waals surface area (Å²) in [5, 5.41) is 14.5. The molecular formula is C18H24N2O2S. The van der Waals surface area contributed by atoms with Gasteiger partial charge in [0, 0.05) is 23.6 Å². The Bertz CT molecular complexity index is 689. The molecule has 0 radical (unpaired) electrons. The molecule has 2 aromatic rings. The summed E-state index contributed by atoms with van der Waals surface area (Å²) in [7, 11) is 0. The summed E-state index contributed by atoms with van der Waals surface area (Å²) in [5.74, 6) is 1.91. The van der Waals surface area contributed by atoms with Gasteiger partial charge in [-0.15, -0.1) is 0 Å². The maximum Gasteiger partial charge on any atom is 0.224 e. The molecule has 3 N–H and O–H groups in total. The normalized spacial score (nSPS) is 17.3. The lowest BCUT2D eigenvalue weighted by atomic mass is 9.97. The third kappa shape index (κ3) is 3.72. The molecule has 1 aliphatic rings. The molecule has 1 aromatic carbocycles. The molecule has 0 unspecified atom stereocenters. The van der Waals surface area contributed by atoms with Crippen molar-refractivity contribution in [1.82, 2.24) is 10.3 Å². The highest BCUT2D eigenvalue weighted by Crippen LogP contribution is 2.26. The number of nitrogens with one attached hydrogen (secondary N) is 2. The molecule has 1 aromatic heterocycles. The fourth-order valence-electron chi connectivity index (χ4n) is 3.14.